The van der Waals surface area contributed by atoms with E-state index in [9.17, 15) is 4.79 Å². The van der Waals surface area contributed by atoms with Crippen LogP contribution in [-0.2, 0) is 23.0 Å². The zero-order chi connectivity index (χ0) is 12.3. The molecule has 17 heavy (non-hydrogen) atoms. The minimum absolute atomic E-state index is 0.0633. The van der Waals surface area contributed by atoms with Gasteiger partial charge < -0.3 is 10.1 Å². The third kappa shape index (κ3) is 2.70. The predicted molar refractivity (Wildman–Crippen MR) is 61.5 cm³/mol. The number of ether oxygens (including phenoxy) is 1. The molecule has 94 valence electrons. The van der Waals surface area contributed by atoms with E-state index in [1.54, 1.807) is 11.7 Å². The maximum absolute atomic E-state index is 12.1. The molecule has 0 saturated carbocycles. The van der Waals surface area contributed by atoms with Gasteiger partial charge in [-0.1, -0.05) is 6.92 Å². The number of carbonyl (C=O) groups excluding carboxylic acids is 1. The zero-order valence-corrected chi connectivity index (χ0v) is 10.2. The fraction of sp³-hybridized carbons (Fsp3) is 0.727. The van der Waals surface area contributed by atoms with Gasteiger partial charge in [0.1, 0.15) is 17.9 Å². The summed E-state index contributed by atoms with van der Waals surface area (Å²) in [4.78, 5) is 16.2. The van der Waals surface area contributed by atoms with E-state index >= 15 is 0 Å². The van der Waals surface area contributed by atoms with E-state index in [-0.39, 0.29) is 17.7 Å². The van der Waals surface area contributed by atoms with Crippen LogP contribution in [-0.4, -0.2) is 46.3 Å². The molecule has 0 radical (unpaired) electrons. The van der Waals surface area contributed by atoms with Gasteiger partial charge in [0.2, 0.25) is 0 Å². The lowest BCUT2D eigenvalue weighted by atomic mass is 9.96. The van der Waals surface area contributed by atoms with Crippen molar-refractivity contribution in [1.82, 2.24) is 20.1 Å². The number of aryl methyl sites for hydroxylation is 1. The average Bonchev–Trinajstić information content (AvgIpc) is 2.89. The lowest BCUT2D eigenvalue weighted by Gasteiger charge is -2.16. The van der Waals surface area contributed by atoms with Crippen molar-refractivity contribution in [3.05, 3.63) is 12.2 Å². The van der Waals surface area contributed by atoms with Crippen LogP contribution in [0.15, 0.2) is 6.33 Å². The highest BCUT2D eigenvalue weighted by molar-refractivity contribution is 5.83. The van der Waals surface area contributed by atoms with Gasteiger partial charge >= 0.3 is 0 Å². The maximum Gasteiger partial charge on any atom is 0.147 e. The van der Waals surface area contributed by atoms with Crippen LogP contribution in [0.5, 0.6) is 0 Å². The molecule has 0 amide bonds. The smallest absolute Gasteiger partial charge is 0.147 e. The number of aromatic nitrogens is 3. The van der Waals surface area contributed by atoms with Crippen molar-refractivity contribution in [3.8, 4) is 0 Å². The summed E-state index contributed by atoms with van der Waals surface area (Å²) in [5.41, 5.74) is 0. The summed E-state index contributed by atoms with van der Waals surface area (Å²) in [6.45, 7) is 4.00. The summed E-state index contributed by atoms with van der Waals surface area (Å²) in [5, 5.41) is 7.24. The van der Waals surface area contributed by atoms with E-state index in [2.05, 4.69) is 15.4 Å². The average molecular weight is 238 g/mol. The number of rotatable bonds is 5. The van der Waals surface area contributed by atoms with Gasteiger partial charge in [0.25, 0.3) is 0 Å². The molecule has 0 aromatic carbocycles. The third-order valence-corrected chi connectivity index (χ3v) is 3.10. The molecule has 0 spiro atoms. The van der Waals surface area contributed by atoms with Crippen LogP contribution in [0.2, 0.25) is 0 Å². The second kappa shape index (κ2) is 5.37. The molecule has 1 aliphatic heterocycles. The molecular formula is C11H18N4O2. The van der Waals surface area contributed by atoms with Crippen LogP contribution in [0.4, 0.5) is 0 Å². The summed E-state index contributed by atoms with van der Waals surface area (Å²) in [5.74, 6) is 0.813. The Labute approximate surface area is 100 Å². The van der Waals surface area contributed by atoms with Gasteiger partial charge in [0.05, 0.1) is 25.6 Å². The van der Waals surface area contributed by atoms with Crippen LogP contribution in [0.3, 0.4) is 0 Å². The Morgan fingerprint density at radius 1 is 1.65 bits per heavy atom. The lowest BCUT2D eigenvalue weighted by molar-refractivity contribution is -0.122. The number of likely N-dealkylation sites (N-methyl/N-ethyl adjacent to an activating group) is 1. The van der Waals surface area contributed by atoms with Gasteiger partial charge in [-0.25, -0.2) is 4.98 Å². The standard InChI is InChI=1S/C11H18N4O2/c1-3-12-9-6-17-5-8(9)10(16)4-11-13-7-14-15(11)2/h7-9,12H,3-6H2,1-2H3. The molecular weight excluding hydrogens is 220 g/mol. The molecule has 1 aromatic heterocycles. The molecule has 0 aliphatic carbocycles. The first-order chi connectivity index (χ1) is 8.22. The topological polar surface area (TPSA) is 69.0 Å². The van der Waals surface area contributed by atoms with Crippen molar-refractivity contribution in [3.63, 3.8) is 0 Å². The first-order valence-corrected chi connectivity index (χ1v) is 5.89. The SMILES string of the molecule is CCNC1COCC1C(=O)Cc1ncnn1C. The molecule has 1 aliphatic rings. The highest BCUT2D eigenvalue weighted by Crippen LogP contribution is 2.16. The highest BCUT2D eigenvalue weighted by atomic mass is 16.5. The van der Waals surface area contributed by atoms with Crippen LogP contribution in [0.1, 0.15) is 12.7 Å². The first-order valence-electron chi connectivity index (χ1n) is 5.89. The van der Waals surface area contributed by atoms with Crippen molar-refractivity contribution in [2.75, 3.05) is 19.8 Å². The molecule has 2 heterocycles. The summed E-state index contributed by atoms with van der Waals surface area (Å²) in [6, 6.07) is 0.140. The molecule has 1 fully saturated rings. The van der Waals surface area contributed by atoms with Crippen molar-refractivity contribution >= 4 is 5.78 Å². The first kappa shape index (κ1) is 12.2. The number of hydrogen-bond acceptors (Lipinski definition) is 5. The Bertz CT molecular complexity index is 391. The Hall–Kier alpha value is -1.27. The van der Waals surface area contributed by atoms with Crippen LogP contribution >= 0.6 is 0 Å². The summed E-state index contributed by atoms with van der Waals surface area (Å²) < 4.78 is 7.00. The predicted octanol–water partition coefficient (Wildman–Crippen LogP) is -0.449. The number of nitrogens with one attached hydrogen (secondary N) is 1. The number of nitrogens with zero attached hydrogens (tertiary/aromatic N) is 3. The van der Waals surface area contributed by atoms with Gasteiger partial charge in [0, 0.05) is 13.1 Å². The molecule has 2 atom stereocenters. The monoisotopic (exact) mass is 238 g/mol. The minimum Gasteiger partial charge on any atom is -0.379 e. The third-order valence-electron chi connectivity index (χ3n) is 3.10. The van der Waals surface area contributed by atoms with E-state index in [4.69, 9.17) is 4.74 Å². The van der Waals surface area contributed by atoms with Crippen LogP contribution in [0.25, 0.3) is 0 Å². The van der Waals surface area contributed by atoms with Crippen molar-refractivity contribution < 1.29 is 9.53 Å². The summed E-state index contributed by atoms with van der Waals surface area (Å²) in [6.07, 6.45) is 1.79. The maximum atomic E-state index is 12.1. The fourth-order valence-corrected chi connectivity index (χ4v) is 2.10. The van der Waals surface area contributed by atoms with Gasteiger partial charge in [-0.3, -0.25) is 9.48 Å². The number of ketones is 1. The summed E-state index contributed by atoms with van der Waals surface area (Å²) in [7, 11) is 1.79. The molecule has 1 N–H and O–H groups in total. The van der Waals surface area contributed by atoms with E-state index in [0.29, 0.717) is 25.5 Å². The Morgan fingerprint density at radius 3 is 3.12 bits per heavy atom. The van der Waals surface area contributed by atoms with E-state index in [0.717, 1.165) is 6.54 Å². The molecule has 1 aromatic rings. The lowest BCUT2D eigenvalue weighted by Crippen LogP contribution is -2.39. The fourth-order valence-electron chi connectivity index (χ4n) is 2.10. The van der Waals surface area contributed by atoms with Crippen molar-refractivity contribution in [1.29, 1.82) is 0 Å². The Morgan fingerprint density at radius 2 is 2.47 bits per heavy atom. The molecule has 2 rings (SSSR count). The van der Waals surface area contributed by atoms with Crippen LogP contribution in [0, 0.1) is 5.92 Å². The van der Waals surface area contributed by atoms with Gasteiger partial charge in [-0.2, -0.15) is 5.10 Å². The van der Waals surface area contributed by atoms with E-state index in [1.165, 1.54) is 6.33 Å². The largest absolute Gasteiger partial charge is 0.379 e. The normalized spacial score (nSPS) is 24.1. The highest BCUT2D eigenvalue weighted by Gasteiger charge is 2.33. The van der Waals surface area contributed by atoms with Gasteiger partial charge in [0.15, 0.2) is 0 Å². The molecule has 2 unspecified atom stereocenters. The van der Waals surface area contributed by atoms with Gasteiger partial charge in [-0.15, -0.1) is 0 Å². The minimum atomic E-state index is -0.0633. The number of carbonyl (C=O) groups is 1. The molecule has 1 saturated heterocycles. The van der Waals surface area contributed by atoms with Gasteiger partial charge in [-0.05, 0) is 6.54 Å². The van der Waals surface area contributed by atoms with E-state index < -0.39 is 0 Å². The molecule has 6 heteroatoms. The summed E-state index contributed by atoms with van der Waals surface area (Å²) >= 11 is 0. The van der Waals surface area contributed by atoms with E-state index in [1.807, 2.05) is 6.92 Å². The zero-order valence-electron chi connectivity index (χ0n) is 10.2. The Balaban J connectivity index is 1.98. The van der Waals surface area contributed by atoms with Crippen molar-refractivity contribution in [2.45, 2.75) is 19.4 Å². The quantitative estimate of drug-likeness (QED) is 0.752. The number of hydrogen-bond donors (Lipinski definition) is 1. The molecule has 0 bridgehead atoms. The number of Topliss-reactive ketones (excluding diaryl/α,β-unsaturated/α-hetero) is 1. The molecule has 6 nitrogen and oxygen atoms in total. The van der Waals surface area contributed by atoms with Crippen LogP contribution < -0.4 is 5.32 Å². The Kier molecular flexibility index (Phi) is 3.86. The second-order valence-electron chi connectivity index (χ2n) is 4.25. The van der Waals surface area contributed by atoms with Crippen molar-refractivity contribution in [2.24, 2.45) is 13.0 Å². The second-order valence-corrected chi connectivity index (χ2v) is 4.25.